The number of halogens is 1. The normalized spacial score (nSPS) is 11.4. The Labute approximate surface area is 146 Å². The van der Waals surface area contributed by atoms with Gasteiger partial charge in [0.25, 0.3) is 0 Å². The molecular formula is C20H20ClNO2. The molecular weight excluding hydrogens is 322 g/mol. The molecule has 3 aromatic rings. The van der Waals surface area contributed by atoms with Crippen molar-refractivity contribution in [1.82, 2.24) is 4.90 Å². The topological polar surface area (TPSA) is 33.5 Å². The van der Waals surface area contributed by atoms with E-state index in [1.807, 2.05) is 44.3 Å². The quantitative estimate of drug-likeness (QED) is 0.645. The van der Waals surface area contributed by atoms with Crippen molar-refractivity contribution in [2.24, 2.45) is 0 Å². The van der Waals surface area contributed by atoms with Crippen molar-refractivity contribution in [2.45, 2.75) is 26.9 Å². The van der Waals surface area contributed by atoms with E-state index in [-0.39, 0.29) is 5.63 Å². The van der Waals surface area contributed by atoms with Crippen molar-refractivity contribution in [2.75, 3.05) is 7.05 Å². The lowest BCUT2D eigenvalue weighted by Gasteiger charge is -2.18. The molecule has 0 atom stereocenters. The standard InChI is InChI=1S/C20H20ClNO2/c1-13-8-18-16(10-20(23)24-19(18)9-14(13)2)12-22(3)11-15-4-6-17(21)7-5-15/h4-10H,11-12H2,1-3H3. The third-order valence-corrected chi connectivity index (χ3v) is 4.50. The van der Waals surface area contributed by atoms with Gasteiger partial charge in [0.1, 0.15) is 5.58 Å². The number of hydrogen-bond donors (Lipinski definition) is 0. The highest BCUT2D eigenvalue weighted by molar-refractivity contribution is 6.30. The molecule has 0 aliphatic heterocycles. The molecule has 0 saturated heterocycles. The Morgan fingerprint density at radius 1 is 1.00 bits per heavy atom. The molecule has 0 aliphatic carbocycles. The van der Waals surface area contributed by atoms with Crippen LogP contribution in [0.3, 0.4) is 0 Å². The van der Waals surface area contributed by atoms with Gasteiger partial charge in [-0.2, -0.15) is 0 Å². The summed E-state index contributed by atoms with van der Waals surface area (Å²) in [7, 11) is 2.04. The van der Waals surface area contributed by atoms with E-state index in [4.69, 9.17) is 16.0 Å². The Kier molecular flexibility index (Phi) is 4.74. The highest BCUT2D eigenvalue weighted by Crippen LogP contribution is 2.23. The zero-order valence-electron chi connectivity index (χ0n) is 14.1. The Hall–Kier alpha value is -2.10. The number of hydrogen-bond acceptors (Lipinski definition) is 3. The van der Waals surface area contributed by atoms with Gasteiger partial charge in [0, 0.05) is 29.6 Å². The minimum atomic E-state index is -0.305. The minimum Gasteiger partial charge on any atom is -0.423 e. The molecule has 4 heteroatoms. The van der Waals surface area contributed by atoms with Gasteiger partial charge in [0.2, 0.25) is 0 Å². The monoisotopic (exact) mass is 341 g/mol. The zero-order chi connectivity index (χ0) is 17.3. The van der Waals surface area contributed by atoms with Crippen molar-refractivity contribution in [3.05, 3.63) is 80.2 Å². The van der Waals surface area contributed by atoms with Gasteiger partial charge >= 0.3 is 5.63 Å². The fraction of sp³-hybridized carbons (Fsp3) is 0.250. The van der Waals surface area contributed by atoms with Crippen molar-refractivity contribution in [3.63, 3.8) is 0 Å². The lowest BCUT2D eigenvalue weighted by atomic mass is 10.0. The van der Waals surface area contributed by atoms with Crippen LogP contribution < -0.4 is 5.63 Å². The Bertz CT molecular complexity index is 929. The van der Waals surface area contributed by atoms with Crippen LogP contribution in [0.2, 0.25) is 5.02 Å². The number of aryl methyl sites for hydroxylation is 2. The van der Waals surface area contributed by atoms with Gasteiger partial charge in [-0.1, -0.05) is 23.7 Å². The Morgan fingerprint density at radius 3 is 2.38 bits per heavy atom. The molecule has 0 spiro atoms. The first kappa shape index (κ1) is 16.7. The molecule has 0 N–H and O–H groups in total. The lowest BCUT2D eigenvalue weighted by Crippen LogP contribution is -2.18. The van der Waals surface area contributed by atoms with Crippen LogP contribution in [-0.4, -0.2) is 11.9 Å². The predicted molar refractivity (Wildman–Crippen MR) is 98.6 cm³/mol. The highest BCUT2D eigenvalue weighted by atomic mass is 35.5. The van der Waals surface area contributed by atoms with Crippen LogP contribution in [0.1, 0.15) is 22.3 Å². The molecule has 0 radical (unpaired) electrons. The summed E-state index contributed by atoms with van der Waals surface area (Å²) < 4.78 is 5.36. The van der Waals surface area contributed by atoms with E-state index in [0.717, 1.165) is 28.1 Å². The highest BCUT2D eigenvalue weighted by Gasteiger charge is 2.10. The number of benzene rings is 2. The molecule has 1 heterocycles. The van der Waals surface area contributed by atoms with E-state index in [1.165, 1.54) is 11.1 Å². The largest absolute Gasteiger partial charge is 0.423 e. The number of fused-ring (bicyclic) bond motifs is 1. The molecule has 124 valence electrons. The summed E-state index contributed by atoms with van der Waals surface area (Å²) in [5.74, 6) is 0. The fourth-order valence-corrected chi connectivity index (χ4v) is 2.99. The first-order chi connectivity index (χ1) is 11.4. The SMILES string of the molecule is Cc1cc2oc(=O)cc(CN(C)Cc3ccc(Cl)cc3)c2cc1C. The van der Waals surface area contributed by atoms with Gasteiger partial charge < -0.3 is 4.42 Å². The molecule has 0 unspecified atom stereocenters. The van der Waals surface area contributed by atoms with Crippen LogP contribution in [0.15, 0.2) is 51.7 Å². The summed E-state index contributed by atoms with van der Waals surface area (Å²) in [6.45, 7) is 5.55. The Balaban J connectivity index is 1.90. The van der Waals surface area contributed by atoms with Crippen molar-refractivity contribution < 1.29 is 4.42 Å². The second-order valence-electron chi connectivity index (χ2n) is 6.32. The van der Waals surface area contributed by atoms with Crippen molar-refractivity contribution in [1.29, 1.82) is 0 Å². The third-order valence-electron chi connectivity index (χ3n) is 4.25. The van der Waals surface area contributed by atoms with E-state index in [9.17, 15) is 4.79 Å². The summed E-state index contributed by atoms with van der Waals surface area (Å²) in [4.78, 5) is 14.1. The van der Waals surface area contributed by atoms with E-state index in [0.29, 0.717) is 12.1 Å². The maximum absolute atomic E-state index is 11.9. The van der Waals surface area contributed by atoms with Crippen LogP contribution >= 0.6 is 11.6 Å². The van der Waals surface area contributed by atoms with E-state index in [1.54, 1.807) is 6.07 Å². The summed E-state index contributed by atoms with van der Waals surface area (Å²) >= 11 is 5.93. The molecule has 3 nitrogen and oxygen atoms in total. The molecule has 2 aromatic carbocycles. The van der Waals surface area contributed by atoms with E-state index < -0.39 is 0 Å². The van der Waals surface area contributed by atoms with Gasteiger partial charge in [-0.3, -0.25) is 4.90 Å². The van der Waals surface area contributed by atoms with Crippen LogP contribution in [0.25, 0.3) is 11.0 Å². The van der Waals surface area contributed by atoms with Gasteiger partial charge in [0.15, 0.2) is 0 Å². The summed E-state index contributed by atoms with van der Waals surface area (Å²) in [5, 5.41) is 1.74. The van der Waals surface area contributed by atoms with Crippen molar-refractivity contribution in [3.8, 4) is 0 Å². The number of nitrogens with zero attached hydrogens (tertiary/aromatic N) is 1. The first-order valence-corrected chi connectivity index (χ1v) is 8.27. The van der Waals surface area contributed by atoms with Crippen LogP contribution in [0.5, 0.6) is 0 Å². The lowest BCUT2D eigenvalue weighted by molar-refractivity contribution is 0.319. The first-order valence-electron chi connectivity index (χ1n) is 7.89. The van der Waals surface area contributed by atoms with Gasteiger partial charge in [0.05, 0.1) is 0 Å². The van der Waals surface area contributed by atoms with Gasteiger partial charge in [-0.15, -0.1) is 0 Å². The Morgan fingerprint density at radius 2 is 1.67 bits per heavy atom. The molecule has 0 fully saturated rings. The smallest absolute Gasteiger partial charge is 0.336 e. The van der Waals surface area contributed by atoms with Gasteiger partial charge in [-0.05, 0) is 67.4 Å². The van der Waals surface area contributed by atoms with Crippen LogP contribution in [0.4, 0.5) is 0 Å². The van der Waals surface area contributed by atoms with Crippen LogP contribution in [-0.2, 0) is 13.1 Å². The molecule has 0 bridgehead atoms. The molecule has 0 aliphatic rings. The molecule has 1 aromatic heterocycles. The average molecular weight is 342 g/mol. The second kappa shape index (κ2) is 6.80. The molecule has 24 heavy (non-hydrogen) atoms. The van der Waals surface area contributed by atoms with Crippen LogP contribution in [0, 0.1) is 13.8 Å². The van der Waals surface area contributed by atoms with Gasteiger partial charge in [-0.25, -0.2) is 4.79 Å². The number of rotatable bonds is 4. The predicted octanol–water partition coefficient (Wildman–Crippen LogP) is 4.70. The maximum atomic E-state index is 11.9. The summed E-state index contributed by atoms with van der Waals surface area (Å²) in [6, 6.07) is 13.4. The maximum Gasteiger partial charge on any atom is 0.336 e. The third kappa shape index (κ3) is 3.69. The summed E-state index contributed by atoms with van der Waals surface area (Å²) in [6.07, 6.45) is 0. The summed E-state index contributed by atoms with van der Waals surface area (Å²) in [5.41, 5.74) is 4.83. The van der Waals surface area contributed by atoms with E-state index >= 15 is 0 Å². The average Bonchev–Trinajstić information content (AvgIpc) is 2.51. The zero-order valence-corrected chi connectivity index (χ0v) is 14.9. The second-order valence-corrected chi connectivity index (χ2v) is 6.76. The fourth-order valence-electron chi connectivity index (χ4n) is 2.86. The van der Waals surface area contributed by atoms with Crippen molar-refractivity contribution >= 4 is 22.6 Å². The molecule has 0 amide bonds. The minimum absolute atomic E-state index is 0.305. The van der Waals surface area contributed by atoms with E-state index in [2.05, 4.69) is 17.9 Å². The molecule has 0 saturated carbocycles. The molecule has 3 rings (SSSR count).